The highest BCUT2D eigenvalue weighted by Gasteiger charge is 2.20. The van der Waals surface area contributed by atoms with Gasteiger partial charge in [0, 0.05) is 18.0 Å². The number of rotatable bonds is 3. The van der Waals surface area contributed by atoms with Gasteiger partial charge in [-0.15, -0.1) is 0 Å². The van der Waals surface area contributed by atoms with Gasteiger partial charge in [-0.05, 0) is 50.3 Å². The maximum atomic E-state index is 12.9. The van der Waals surface area contributed by atoms with Crippen LogP contribution in [0.2, 0.25) is 5.02 Å². The van der Waals surface area contributed by atoms with Crippen LogP contribution in [-0.2, 0) is 24.2 Å². The van der Waals surface area contributed by atoms with E-state index in [2.05, 4.69) is 10.4 Å². The zero-order valence-electron chi connectivity index (χ0n) is 14.5. The maximum absolute atomic E-state index is 12.9. The highest BCUT2D eigenvalue weighted by Crippen LogP contribution is 2.23. The molecule has 0 radical (unpaired) electrons. The van der Waals surface area contributed by atoms with Crippen LogP contribution in [0.4, 0.5) is 5.69 Å². The van der Waals surface area contributed by atoms with Gasteiger partial charge in [-0.25, -0.2) is 4.52 Å². The monoisotopic (exact) mass is 370 g/mol. The molecule has 3 aromatic rings. The fraction of sp³-hybridized carbons (Fsp3) is 0.316. The normalized spacial score (nSPS) is 13.6. The van der Waals surface area contributed by atoms with Crippen molar-refractivity contribution >= 4 is 28.7 Å². The van der Waals surface area contributed by atoms with E-state index in [4.69, 9.17) is 11.6 Å². The quantitative estimate of drug-likeness (QED) is 0.770. The van der Waals surface area contributed by atoms with Crippen molar-refractivity contribution in [2.45, 2.75) is 39.2 Å². The first kappa shape index (κ1) is 16.8. The number of hydrogen-bond acceptors (Lipinski definition) is 3. The molecule has 0 unspecified atom stereocenters. The van der Waals surface area contributed by atoms with Crippen molar-refractivity contribution in [1.82, 2.24) is 14.2 Å². The summed E-state index contributed by atoms with van der Waals surface area (Å²) in [6, 6.07) is 5.42. The van der Waals surface area contributed by atoms with Crippen LogP contribution in [0.25, 0.3) is 5.52 Å². The van der Waals surface area contributed by atoms with Crippen LogP contribution in [-0.4, -0.2) is 20.1 Å². The van der Waals surface area contributed by atoms with Crippen molar-refractivity contribution in [2.75, 3.05) is 5.32 Å². The summed E-state index contributed by atoms with van der Waals surface area (Å²) in [5.74, 6) is -0.296. The Bertz CT molecular complexity index is 1070. The highest BCUT2D eigenvalue weighted by atomic mass is 35.5. The first-order chi connectivity index (χ1) is 12.5. The molecule has 1 aliphatic carbocycles. The number of aryl methyl sites for hydroxylation is 3. The zero-order chi connectivity index (χ0) is 18.3. The molecule has 0 bridgehead atoms. The van der Waals surface area contributed by atoms with Gasteiger partial charge >= 0.3 is 0 Å². The van der Waals surface area contributed by atoms with Crippen molar-refractivity contribution in [3.8, 4) is 0 Å². The topological polar surface area (TPSA) is 68.4 Å². The molecule has 7 heteroatoms. The minimum absolute atomic E-state index is 0.0699. The SMILES string of the molecule is Cc1ccc(NC(=O)Cn2ccn3nc4c(c3c2=O)CCCC4)c(Cl)c1. The van der Waals surface area contributed by atoms with Crippen molar-refractivity contribution in [2.24, 2.45) is 0 Å². The number of carbonyl (C=O) groups excluding carboxylic acids is 1. The second kappa shape index (κ2) is 6.61. The summed E-state index contributed by atoms with van der Waals surface area (Å²) in [6.45, 7) is 1.86. The molecule has 2 aromatic heterocycles. The summed E-state index contributed by atoms with van der Waals surface area (Å²) < 4.78 is 3.06. The van der Waals surface area contributed by atoms with Crippen molar-refractivity contribution < 1.29 is 4.79 Å². The molecule has 4 rings (SSSR count). The maximum Gasteiger partial charge on any atom is 0.277 e. The lowest BCUT2D eigenvalue weighted by atomic mass is 9.97. The standard InChI is InChI=1S/C19H19ClN4O2/c1-12-6-7-16(14(20)10-12)21-17(25)11-23-8-9-24-18(19(23)26)13-4-2-3-5-15(13)22-24/h6-10H,2-5,11H2,1H3,(H,21,25). The van der Waals surface area contributed by atoms with Crippen molar-refractivity contribution in [3.63, 3.8) is 0 Å². The summed E-state index contributed by atoms with van der Waals surface area (Å²) in [5, 5.41) is 7.75. The van der Waals surface area contributed by atoms with Gasteiger partial charge in [-0.3, -0.25) is 9.59 Å². The lowest BCUT2D eigenvalue weighted by Crippen LogP contribution is -2.28. The highest BCUT2D eigenvalue weighted by molar-refractivity contribution is 6.33. The van der Waals surface area contributed by atoms with Crippen molar-refractivity contribution in [1.29, 1.82) is 0 Å². The minimum atomic E-state index is -0.296. The van der Waals surface area contributed by atoms with Crippen LogP contribution >= 0.6 is 11.6 Å². The second-order valence-electron chi connectivity index (χ2n) is 6.69. The van der Waals surface area contributed by atoms with E-state index < -0.39 is 0 Å². The van der Waals surface area contributed by atoms with Crippen LogP contribution in [0.3, 0.4) is 0 Å². The van der Waals surface area contributed by atoms with Gasteiger partial charge in [0.25, 0.3) is 5.56 Å². The van der Waals surface area contributed by atoms with Gasteiger partial charge < -0.3 is 9.88 Å². The van der Waals surface area contributed by atoms with E-state index >= 15 is 0 Å². The lowest BCUT2D eigenvalue weighted by molar-refractivity contribution is -0.116. The summed E-state index contributed by atoms with van der Waals surface area (Å²) in [5.41, 5.74) is 3.98. The molecule has 2 heterocycles. The van der Waals surface area contributed by atoms with Crippen LogP contribution in [0.5, 0.6) is 0 Å². The number of halogens is 1. The second-order valence-corrected chi connectivity index (χ2v) is 7.10. The molecule has 1 N–H and O–H groups in total. The van der Waals surface area contributed by atoms with E-state index in [1.807, 2.05) is 13.0 Å². The fourth-order valence-electron chi connectivity index (χ4n) is 3.45. The molecular formula is C19H19ClN4O2. The number of aromatic nitrogens is 3. The van der Waals surface area contributed by atoms with Gasteiger partial charge in [-0.1, -0.05) is 17.7 Å². The number of carbonyl (C=O) groups is 1. The smallest absolute Gasteiger partial charge is 0.277 e. The number of amides is 1. The Labute approximate surface area is 155 Å². The lowest BCUT2D eigenvalue weighted by Gasteiger charge is -2.10. The molecule has 0 saturated heterocycles. The fourth-order valence-corrected chi connectivity index (χ4v) is 3.73. The summed E-state index contributed by atoms with van der Waals surface area (Å²) >= 11 is 6.16. The first-order valence-corrected chi connectivity index (χ1v) is 9.06. The summed E-state index contributed by atoms with van der Waals surface area (Å²) in [7, 11) is 0. The van der Waals surface area contributed by atoms with Gasteiger partial charge in [0.15, 0.2) is 0 Å². The van der Waals surface area contributed by atoms with E-state index in [1.165, 1.54) is 4.57 Å². The molecule has 1 aliphatic rings. The Balaban J connectivity index is 1.61. The van der Waals surface area contributed by atoms with E-state index in [-0.39, 0.29) is 18.0 Å². The number of nitrogens with zero attached hydrogens (tertiary/aromatic N) is 3. The molecular weight excluding hydrogens is 352 g/mol. The van der Waals surface area contributed by atoms with E-state index in [0.717, 1.165) is 42.5 Å². The van der Waals surface area contributed by atoms with Crippen molar-refractivity contribution in [3.05, 3.63) is 62.8 Å². The Hall–Kier alpha value is -2.60. The molecule has 0 saturated carbocycles. The minimum Gasteiger partial charge on any atom is -0.323 e. The Morgan fingerprint density at radius 1 is 1.27 bits per heavy atom. The third-order valence-corrected chi connectivity index (χ3v) is 5.06. The van der Waals surface area contributed by atoms with E-state index in [9.17, 15) is 9.59 Å². The predicted molar refractivity (Wildman–Crippen MR) is 101 cm³/mol. The van der Waals surface area contributed by atoms with E-state index in [0.29, 0.717) is 16.2 Å². The third kappa shape index (κ3) is 3.01. The first-order valence-electron chi connectivity index (χ1n) is 8.68. The average molecular weight is 371 g/mol. The molecule has 134 valence electrons. The number of nitrogens with one attached hydrogen (secondary N) is 1. The number of hydrogen-bond donors (Lipinski definition) is 1. The molecule has 0 aliphatic heterocycles. The molecule has 0 spiro atoms. The van der Waals surface area contributed by atoms with Crippen LogP contribution < -0.4 is 10.9 Å². The molecule has 0 atom stereocenters. The Morgan fingerprint density at radius 2 is 2.08 bits per heavy atom. The largest absolute Gasteiger partial charge is 0.323 e. The van der Waals surface area contributed by atoms with Gasteiger partial charge in [0.2, 0.25) is 5.91 Å². The Kier molecular flexibility index (Phi) is 4.28. The summed E-state index contributed by atoms with van der Waals surface area (Å²) in [4.78, 5) is 25.2. The third-order valence-electron chi connectivity index (χ3n) is 4.75. The average Bonchev–Trinajstić information content (AvgIpc) is 2.99. The van der Waals surface area contributed by atoms with Gasteiger partial charge in [-0.2, -0.15) is 5.10 Å². The molecule has 1 amide bonds. The molecule has 6 nitrogen and oxygen atoms in total. The summed E-state index contributed by atoms with van der Waals surface area (Å²) in [6.07, 6.45) is 7.28. The Morgan fingerprint density at radius 3 is 2.88 bits per heavy atom. The predicted octanol–water partition coefficient (Wildman–Crippen LogP) is 2.98. The molecule has 26 heavy (non-hydrogen) atoms. The van der Waals surface area contributed by atoms with Crippen LogP contribution in [0.15, 0.2) is 35.4 Å². The van der Waals surface area contributed by atoms with Crippen LogP contribution in [0, 0.1) is 6.92 Å². The number of benzene rings is 1. The van der Waals surface area contributed by atoms with Gasteiger partial charge in [0.1, 0.15) is 12.1 Å². The number of fused-ring (bicyclic) bond motifs is 3. The number of anilines is 1. The van der Waals surface area contributed by atoms with E-state index in [1.54, 1.807) is 29.0 Å². The molecule has 0 fully saturated rings. The van der Waals surface area contributed by atoms with Gasteiger partial charge in [0.05, 0.1) is 16.4 Å². The zero-order valence-corrected chi connectivity index (χ0v) is 15.2. The molecule has 1 aromatic carbocycles. The van der Waals surface area contributed by atoms with Crippen LogP contribution in [0.1, 0.15) is 29.7 Å².